The predicted octanol–water partition coefficient (Wildman–Crippen LogP) is 5.81. The molecule has 8 rings (SSSR count). The normalized spacial score (nSPS) is 27.5. The standard InChI is InChI=1S/C38H31Cl2N3O9/c1-50-23-7-3-20(4-8-23)38-27(34(46)43(36(38)48)41-29-11-5-21(39)15-28(29)40)16-26-24(9-10-25-31(26)35(47)42(33(25)45)37(49)51-2)32(38)19-13-18-14-22(44)6-12-30(18)52-17-19/h3-9,11-12,14-15,17,25-27,31-32,41,44H,10,13,16H2,1-2H3. The number of fused-ring (bicyclic) bond motifs is 5. The van der Waals surface area contributed by atoms with Crippen molar-refractivity contribution < 1.29 is 43.3 Å². The van der Waals surface area contributed by atoms with Gasteiger partial charge >= 0.3 is 6.09 Å². The van der Waals surface area contributed by atoms with Crippen molar-refractivity contribution in [2.75, 3.05) is 19.6 Å². The second-order valence-electron chi connectivity index (χ2n) is 13.5. The van der Waals surface area contributed by atoms with Gasteiger partial charge in [0.25, 0.3) is 11.8 Å². The molecule has 3 aliphatic heterocycles. The first-order valence-electron chi connectivity index (χ1n) is 16.6. The molecule has 0 aromatic heterocycles. The third-order valence-corrected chi connectivity index (χ3v) is 11.6. The van der Waals surface area contributed by atoms with Gasteiger partial charge in [0.2, 0.25) is 11.8 Å². The van der Waals surface area contributed by atoms with Crippen molar-refractivity contribution in [1.82, 2.24) is 9.91 Å². The van der Waals surface area contributed by atoms with E-state index >= 15 is 4.79 Å². The van der Waals surface area contributed by atoms with Crippen molar-refractivity contribution in [3.05, 3.63) is 105 Å². The van der Waals surface area contributed by atoms with E-state index in [4.69, 9.17) is 37.4 Å². The zero-order valence-corrected chi connectivity index (χ0v) is 29.3. The van der Waals surface area contributed by atoms with Gasteiger partial charge in [0.15, 0.2) is 0 Å². The van der Waals surface area contributed by atoms with E-state index in [0.717, 1.165) is 12.1 Å². The van der Waals surface area contributed by atoms with Crippen LogP contribution >= 0.6 is 23.2 Å². The van der Waals surface area contributed by atoms with E-state index in [9.17, 15) is 24.3 Å². The number of hydrazine groups is 1. The number of amides is 5. The molecular formula is C38H31Cl2N3O9. The predicted molar refractivity (Wildman–Crippen MR) is 186 cm³/mol. The molecular weight excluding hydrogens is 713 g/mol. The number of ether oxygens (including phenoxy) is 3. The number of carbonyl (C=O) groups is 5. The van der Waals surface area contributed by atoms with Crippen LogP contribution < -0.4 is 14.9 Å². The van der Waals surface area contributed by atoms with Gasteiger partial charge in [-0.05, 0) is 78.4 Å². The van der Waals surface area contributed by atoms with E-state index < -0.39 is 64.7 Å². The maximum absolute atomic E-state index is 15.4. The monoisotopic (exact) mass is 743 g/mol. The van der Waals surface area contributed by atoms with Gasteiger partial charge in [0.1, 0.15) is 17.2 Å². The van der Waals surface area contributed by atoms with Crippen LogP contribution in [0.3, 0.4) is 0 Å². The molecule has 6 unspecified atom stereocenters. The van der Waals surface area contributed by atoms with Gasteiger partial charge in [-0.2, -0.15) is 9.91 Å². The largest absolute Gasteiger partial charge is 0.508 e. The minimum Gasteiger partial charge on any atom is -0.508 e. The molecule has 0 radical (unpaired) electrons. The fraction of sp³-hybridized carbons (Fsp3) is 0.289. The van der Waals surface area contributed by atoms with Crippen molar-refractivity contribution in [2.24, 2.45) is 29.6 Å². The molecule has 0 spiro atoms. The van der Waals surface area contributed by atoms with Crippen LogP contribution in [0.25, 0.3) is 0 Å². The first-order valence-corrected chi connectivity index (χ1v) is 17.3. The van der Waals surface area contributed by atoms with Crippen molar-refractivity contribution >= 4 is 58.6 Å². The maximum atomic E-state index is 15.4. The van der Waals surface area contributed by atoms with Gasteiger partial charge in [-0.25, -0.2) is 4.79 Å². The first-order chi connectivity index (χ1) is 25.0. The molecule has 2 aliphatic carbocycles. The second kappa shape index (κ2) is 12.4. The van der Waals surface area contributed by atoms with E-state index in [1.54, 1.807) is 54.8 Å². The van der Waals surface area contributed by atoms with E-state index in [2.05, 4.69) is 5.43 Å². The van der Waals surface area contributed by atoms with E-state index in [-0.39, 0.29) is 35.7 Å². The quantitative estimate of drug-likeness (QED) is 0.242. The number of halogens is 2. The Balaban J connectivity index is 1.34. The van der Waals surface area contributed by atoms with Gasteiger partial charge in [-0.1, -0.05) is 47.0 Å². The summed E-state index contributed by atoms with van der Waals surface area (Å²) in [6.07, 6.45) is 2.71. The van der Waals surface area contributed by atoms with Crippen LogP contribution in [-0.2, 0) is 35.8 Å². The van der Waals surface area contributed by atoms with Crippen molar-refractivity contribution in [3.8, 4) is 17.2 Å². The molecule has 5 aliphatic rings. The lowest BCUT2D eigenvalue weighted by molar-refractivity contribution is -0.140. The van der Waals surface area contributed by atoms with Crippen LogP contribution in [0.4, 0.5) is 10.5 Å². The fourth-order valence-corrected chi connectivity index (χ4v) is 9.38. The molecule has 3 fully saturated rings. The van der Waals surface area contributed by atoms with E-state index in [1.165, 1.54) is 19.2 Å². The number of imide groups is 4. The molecule has 0 bridgehead atoms. The maximum Gasteiger partial charge on any atom is 0.423 e. The number of anilines is 1. The Kier molecular flexibility index (Phi) is 8.07. The highest BCUT2D eigenvalue weighted by atomic mass is 35.5. The Morgan fingerprint density at radius 3 is 2.44 bits per heavy atom. The molecule has 6 atom stereocenters. The minimum absolute atomic E-state index is 0.00613. The number of nitrogens with zero attached hydrogens (tertiary/aromatic N) is 2. The average molecular weight is 745 g/mol. The van der Waals surface area contributed by atoms with Crippen LogP contribution in [0.2, 0.25) is 10.0 Å². The molecule has 2 N–H and O–H groups in total. The number of benzene rings is 3. The summed E-state index contributed by atoms with van der Waals surface area (Å²) in [7, 11) is 2.62. The summed E-state index contributed by atoms with van der Waals surface area (Å²) in [6.45, 7) is 0. The lowest BCUT2D eigenvalue weighted by Gasteiger charge is -2.51. The van der Waals surface area contributed by atoms with Gasteiger partial charge in [-0.15, -0.1) is 0 Å². The highest BCUT2D eigenvalue weighted by molar-refractivity contribution is 6.36. The minimum atomic E-state index is -1.60. The van der Waals surface area contributed by atoms with Crippen molar-refractivity contribution in [3.63, 3.8) is 0 Å². The number of likely N-dealkylation sites (tertiary alicyclic amines) is 1. The summed E-state index contributed by atoms with van der Waals surface area (Å²) < 4.78 is 16.4. The molecule has 1 saturated carbocycles. The van der Waals surface area contributed by atoms with Crippen LogP contribution in [0.1, 0.15) is 24.0 Å². The number of methoxy groups -OCH3 is 2. The van der Waals surface area contributed by atoms with Gasteiger partial charge < -0.3 is 19.3 Å². The SMILES string of the molecule is COC(=O)N1C(=O)C2CC=C3C(CC4C(=O)N(Nc5ccc(Cl)cc5Cl)C(=O)C4(c4ccc(OC)cc4)C3C3=COc4ccc(O)cc4C3)C2C1=O. The second-order valence-corrected chi connectivity index (χ2v) is 14.3. The number of phenols is 1. The lowest BCUT2D eigenvalue weighted by atomic mass is 9.48. The molecule has 266 valence electrons. The third-order valence-electron chi connectivity index (χ3n) is 11.1. The number of carbonyl (C=O) groups excluding carboxylic acids is 5. The fourth-order valence-electron chi connectivity index (χ4n) is 8.93. The van der Waals surface area contributed by atoms with Crippen LogP contribution in [0.15, 0.2) is 84.1 Å². The smallest absolute Gasteiger partial charge is 0.423 e. The molecule has 2 saturated heterocycles. The Hall–Kier alpha value is -5.33. The Bertz CT molecular complexity index is 2150. The Morgan fingerprint density at radius 1 is 0.962 bits per heavy atom. The summed E-state index contributed by atoms with van der Waals surface area (Å²) in [6, 6.07) is 16.3. The zero-order valence-electron chi connectivity index (χ0n) is 27.8. The van der Waals surface area contributed by atoms with Crippen LogP contribution in [0.5, 0.6) is 17.2 Å². The molecule has 3 heterocycles. The van der Waals surface area contributed by atoms with E-state index in [1.807, 2.05) is 6.08 Å². The number of aromatic hydroxyl groups is 1. The van der Waals surface area contributed by atoms with Crippen molar-refractivity contribution in [1.29, 1.82) is 0 Å². The van der Waals surface area contributed by atoms with Gasteiger partial charge in [0.05, 0.1) is 54.4 Å². The number of allylic oxidation sites excluding steroid dienone is 3. The zero-order chi connectivity index (χ0) is 36.6. The number of hydrogen-bond donors (Lipinski definition) is 2. The number of hydrogen-bond acceptors (Lipinski definition) is 10. The lowest BCUT2D eigenvalue weighted by Crippen LogP contribution is -2.55. The first kappa shape index (κ1) is 33.8. The highest BCUT2D eigenvalue weighted by Crippen LogP contribution is 2.63. The summed E-state index contributed by atoms with van der Waals surface area (Å²) >= 11 is 12.7. The Labute approximate surface area is 307 Å². The Morgan fingerprint density at radius 2 is 1.73 bits per heavy atom. The summed E-state index contributed by atoms with van der Waals surface area (Å²) in [5.74, 6) is -5.96. The summed E-state index contributed by atoms with van der Waals surface area (Å²) in [5.41, 5.74) is 4.08. The number of phenolic OH excluding ortho intramolecular Hbond substituents is 1. The molecule has 3 aromatic rings. The topological polar surface area (TPSA) is 152 Å². The van der Waals surface area contributed by atoms with E-state index in [0.29, 0.717) is 43.7 Å². The number of nitrogens with one attached hydrogen (secondary N) is 1. The molecule has 5 amide bonds. The van der Waals surface area contributed by atoms with Crippen LogP contribution in [0, 0.1) is 29.6 Å². The van der Waals surface area contributed by atoms with Gasteiger partial charge in [-0.3, -0.25) is 24.6 Å². The molecule has 3 aromatic carbocycles. The average Bonchev–Trinajstić information content (AvgIpc) is 3.52. The van der Waals surface area contributed by atoms with Crippen molar-refractivity contribution in [2.45, 2.75) is 24.7 Å². The molecule has 52 heavy (non-hydrogen) atoms. The summed E-state index contributed by atoms with van der Waals surface area (Å²) in [5, 5.41) is 11.9. The van der Waals surface area contributed by atoms with Gasteiger partial charge in [0, 0.05) is 22.9 Å². The number of rotatable bonds is 5. The highest BCUT2D eigenvalue weighted by Gasteiger charge is 2.71. The van der Waals surface area contributed by atoms with Crippen LogP contribution in [-0.4, -0.2) is 59.0 Å². The third kappa shape index (κ3) is 4.84. The molecule has 14 heteroatoms. The molecule has 12 nitrogen and oxygen atoms in total. The summed E-state index contributed by atoms with van der Waals surface area (Å²) in [4.78, 5) is 71.0.